The average molecular weight is 172 g/mol. The number of rotatable bonds is 1. The van der Waals surface area contributed by atoms with Crippen LogP contribution in [0.3, 0.4) is 0 Å². The van der Waals surface area contributed by atoms with Gasteiger partial charge in [-0.1, -0.05) is 0 Å². The van der Waals surface area contributed by atoms with E-state index in [9.17, 15) is 4.79 Å². The lowest BCUT2D eigenvalue weighted by molar-refractivity contribution is -0.233. The highest BCUT2D eigenvalue weighted by molar-refractivity contribution is 5.66. The van der Waals surface area contributed by atoms with Gasteiger partial charge in [-0.15, -0.1) is 5.11 Å². The van der Waals surface area contributed by atoms with Crippen LogP contribution >= 0.6 is 0 Å². The molecule has 68 valence electrons. The third kappa shape index (κ3) is 2.01. The Morgan fingerprint density at radius 3 is 2.25 bits per heavy atom. The van der Waals surface area contributed by atoms with Gasteiger partial charge in [0.1, 0.15) is 0 Å². The smallest absolute Gasteiger partial charge is 0.331 e. The molecular weight excluding hydrogens is 160 g/mol. The van der Waals surface area contributed by atoms with E-state index >= 15 is 0 Å². The van der Waals surface area contributed by atoms with Crippen molar-refractivity contribution in [3.05, 3.63) is 0 Å². The molecule has 0 bridgehead atoms. The van der Waals surface area contributed by atoms with Crippen molar-refractivity contribution in [2.75, 3.05) is 0 Å². The van der Waals surface area contributed by atoms with Crippen LogP contribution in [0, 0.1) is 0 Å². The number of azo groups is 1. The lowest BCUT2D eigenvalue weighted by Crippen LogP contribution is -2.34. The van der Waals surface area contributed by atoms with E-state index < -0.39 is 17.6 Å². The fourth-order valence-corrected chi connectivity index (χ4v) is 1.02. The van der Waals surface area contributed by atoms with Gasteiger partial charge in [0.25, 0.3) is 0 Å². The van der Waals surface area contributed by atoms with E-state index in [1.165, 1.54) is 6.92 Å². The second-order valence-electron chi connectivity index (χ2n) is 3.24. The Hall–Kier alpha value is -0.970. The Morgan fingerprint density at radius 1 is 1.33 bits per heavy atom. The van der Waals surface area contributed by atoms with Gasteiger partial charge in [0.05, 0.1) is 0 Å². The summed E-state index contributed by atoms with van der Waals surface area (Å²) in [6.07, 6.45) is 0. The Bertz CT molecular complexity index is 237. The van der Waals surface area contributed by atoms with Gasteiger partial charge < -0.3 is 4.74 Å². The number of carbonyl (C=O) groups excluding carboxylic acids is 1. The van der Waals surface area contributed by atoms with Gasteiger partial charge in [-0.25, -0.2) is 0 Å². The van der Waals surface area contributed by atoms with Crippen LogP contribution in [0.4, 0.5) is 0 Å². The van der Waals surface area contributed by atoms with E-state index in [1.54, 1.807) is 20.8 Å². The van der Waals surface area contributed by atoms with Crippen molar-refractivity contribution < 1.29 is 14.3 Å². The van der Waals surface area contributed by atoms with Crippen LogP contribution in [0.15, 0.2) is 10.2 Å². The van der Waals surface area contributed by atoms with Crippen LogP contribution < -0.4 is 0 Å². The highest BCUT2D eigenvalue weighted by Gasteiger charge is 2.41. The van der Waals surface area contributed by atoms with Crippen LogP contribution in [-0.4, -0.2) is 17.6 Å². The molecule has 0 fully saturated rings. The molecule has 0 saturated heterocycles. The van der Waals surface area contributed by atoms with Crippen LogP contribution in [0.25, 0.3) is 0 Å². The molecule has 0 aromatic rings. The number of esters is 1. The second kappa shape index (κ2) is 2.52. The summed E-state index contributed by atoms with van der Waals surface area (Å²) < 4.78 is 10.1. The summed E-state index contributed by atoms with van der Waals surface area (Å²) in [6, 6.07) is 0. The van der Waals surface area contributed by atoms with E-state index in [2.05, 4.69) is 10.2 Å². The summed E-state index contributed by atoms with van der Waals surface area (Å²) >= 11 is 0. The molecule has 1 aliphatic rings. The summed E-state index contributed by atoms with van der Waals surface area (Å²) in [5.74, 6) is -1.68. The van der Waals surface area contributed by atoms with Crippen molar-refractivity contribution in [3.63, 3.8) is 0 Å². The maximum absolute atomic E-state index is 10.6. The number of hydrogen-bond acceptors (Lipinski definition) is 5. The van der Waals surface area contributed by atoms with E-state index in [-0.39, 0.29) is 0 Å². The topological polar surface area (TPSA) is 60.2 Å². The Morgan fingerprint density at radius 2 is 1.92 bits per heavy atom. The third-order valence-electron chi connectivity index (χ3n) is 1.24. The maximum atomic E-state index is 10.6. The molecule has 0 amide bonds. The van der Waals surface area contributed by atoms with Crippen LogP contribution in [0.5, 0.6) is 0 Å². The van der Waals surface area contributed by atoms with Gasteiger partial charge in [-0.2, -0.15) is 5.11 Å². The molecule has 0 aliphatic carbocycles. The van der Waals surface area contributed by atoms with Crippen molar-refractivity contribution in [2.24, 2.45) is 10.2 Å². The van der Waals surface area contributed by atoms with Gasteiger partial charge in [0.2, 0.25) is 0 Å². The van der Waals surface area contributed by atoms with E-state index in [0.717, 1.165) is 0 Å². The zero-order chi connectivity index (χ0) is 9.41. The molecule has 1 unspecified atom stereocenters. The Balaban J connectivity index is 2.67. The molecule has 1 atom stereocenters. The fraction of sp³-hybridized carbons (Fsp3) is 0.857. The number of hydrogen-bond donors (Lipinski definition) is 0. The predicted octanol–water partition coefficient (Wildman–Crippen LogP) is 1.44. The first kappa shape index (κ1) is 9.12. The van der Waals surface area contributed by atoms with Crippen molar-refractivity contribution >= 4 is 5.97 Å². The van der Waals surface area contributed by atoms with Gasteiger partial charge in [-0.3, -0.25) is 9.53 Å². The van der Waals surface area contributed by atoms with Crippen molar-refractivity contribution in [2.45, 2.75) is 39.3 Å². The molecule has 1 aliphatic heterocycles. The number of nitrogens with zero attached hydrogens (tertiary/aromatic N) is 2. The lowest BCUT2D eigenvalue weighted by atomic mass is 10.3. The molecule has 0 radical (unpaired) electrons. The molecule has 12 heavy (non-hydrogen) atoms. The first-order valence-corrected chi connectivity index (χ1v) is 3.67. The van der Waals surface area contributed by atoms with Crippen molar-refractivity contribution in [1.29, 1.82) is 0 Å². The molecule has 5 nitrogen and oxygen atoms in total. The molecule has 0 aromatic carbocycles. The average Bonchev–Trinajstić information content (AvgIpc) is 2.03. The molecule has 0 aromatic heterocycles. The fourth-order valence-electron chi connectivity index (χ4n) is 1.02. The summed E-state index contributed by atoms with van der Waals surface area (Å²) in [7, 11) is 0. The van der Waals surface area contributed by atoms with Crippen molar-refractivity contribution in [3.8, 4) is 0 Å². The molecule has 1 heterocycles. The molecule has 0 spiro atoms. The van der Waals surface area contributed by atoms with Crippen molar-refractivity contribution in [1.82, 2.24) is 0 Å². The largest absolute Gasteiger partial charge is 0.411 e. The normalized spacial score (nSPS) is 32.0. The van der Waals surface area contributed by atoms with Gasteiger partial charge in [-0.05, 0) is 13.8 Å². The number of carbonyl (C=O) groups is 1. The second-order valence-corrected chi connectivity index (χ2v) is 3.24. The summed E-state index contributed by atoms with van der Waals surface area (Å²) in [5, 5.41) is 7.52. The first-order chi connectivity index (χ1) is 5.33. The van der Waals surface area contributed by atoms with E-state index in [4.69, 9.17) is 9.47 Å². The first-order valence-electron chi connectivity index (χ1n) is 3.67. The van der Waals surface area contributed by atoms with Gasteiger partial charge in [0, 0.05) is 13.8 Å². The van der Waals surface area contributed by atoms with E-state index in [1.807, 2.05) is 0 Å². The molecular formula is C7H12N2O3. The SMILES string of the molecule is CC(=O)OC1(C)N=NC(C)(C)O1. The quantitative estimate of drug-likeness (QED) is 0.562. The summed E-state index contributed by atoms with van der Waals surface area (Å²) in [5.41, 5.74) is -0.704. The third-order valence-corrected chi connectivity index (χ3v) is 1.24. The number of ether oxygens (including phenoxy) is 2. The Labute approximate surface area is 70.8 Å². The maximum Gasteiger partial charge on any atom is 0.331 e. The summed E-state index contributed by atoms with van der Waals surface area (Å²) in [6.45, 7) is 6.33. The summed E-state index contributed by atoms with van der Waals surface area (Å²) in [4.78, 5) is 10.6. The van der Waals surface area contributed by atoms with E-state index in [0.29, 0.717) is 0 Å². The monoisotopic (exact) mass is 172 g/mol. The minimum absolute atomic E-state index is 0.436. The Kier molecular flexibility index (Phi) is 1.91. The standard InChI is InChI=1S/C7H12N2O3/c1-5(10)11-7(4)9-8-6(2,3)12-7/h1-4H3. The zero-order valence-corrected chi connectivity index (χ0v) is 7.62. The molecule has 5 heteroatoms. The zero-order valence-electron chi connectivity index (χ0n) is 7.62. The molecule has 1 rings (SSSR count). The lowest BCUT2D eigenvalue weighted by Gasteiger charge is -2.22. The van der Waals surface area contributed by atoms with Crippen LogP contribution in [0.2, 0.25) is 0 Å². The highest BCUT2D eigenvalue weighted by atomic mass is 16.8. The van der Waals surface area contributed by atoms with Crippen LogP contribution in [-0.2, 0) is 14.3 Å². The minimum atomic E-state index is -1.24. The minimum Gasteiger partial charge on any atom is -0.411 e. The molecule has 0 saturated carbocycles. The predicted molar refractivity (Wildman–Crippen MR) is 40.2 cm³/mol. The van der Waals surface area contributed by atoms with Gasteiger partial charge in [0.15, 0.2) is 5.72 Å². The molecule has 0 N–H and O–H groups in total. The van der Waals surface area contributed by atoms with Gasteiger partial charge >= 0.3 is 11.9 Å². The van der Waals surface area contributed by atoms with Crippen LogP contribution in [0.1, 0.15) is 27.7 Å². The highest BCUT2D eigenvalue weighted by Crippen LogP contribution is 2.31.